The summed E-state index contributed by atoms with van der Waals surface area (Å²) >= 11 is 0. The number of hydrogen-bond acceptors (Lipinski definition) is 6. The Kier molecular flexibility index (Phi) is 6.81. The van der Waals surface area contributed by atoms with Crippen LogP contribution < -0.4 is 10.1 Å². The van der Waals surface area contributed by atoms with Crippen molar-refractivity contribution >= 4 is 11.8 Å². The highest BCUT2D eigenvalue weighted by Crippen LogP contribution is 2.25. The van der Waals surface area contributed by atoms with Crippen LogP contribution in [0.25, 0.3) is 11.3 Å². The number of nitrogens with one attached hydrogen (secondary N) is 1. The van der Waals surface area contributed by atoms with E-state index in [0.29, 0.717) is 24.6 Å². The molecule has 0 bridgehead atoms. The number of rotatable bonds is 8. The quantitative estimate of drug-likeness (QED) is 0.585. The second-order valence-corrected chi connectivity index (χ2v) is 7.48. The van der Waals surface area contributed by atoms with Gasteiger partial charge in [0.1, 0.15) is 12.4 Å². The van der Waals surface area contributed by atoms with E-state index in [4.69, 9.17) is 13.9 Å². The van der Waals surface area contributed by atoms with Gasteiger partial charge in [-0.05, 0) is 36.2 Å². The lowest BCUT2D eigenvalue weighted by Crippen LogP contribution is -2.51. The summed E-state index contributed by atoms with van der Waals surface area (Å²) in [4.78, 5) is 30.8. The molecular formula is C24H25N3O5. The van der Waals surface area contributed by atoms with Crippen molar-refractivity contribution in [2.45, 2.75) is 12.5 Å². The van der Waals surface area contributed by atoms with E-state index in [9.17, 15) is 9.59 Å². The van der Waals surface area contributed by atoms with Gasteiger partial charge in [0, 0.05) is 25.2 Å². The Morgan fingerprint density at radius 2 is 1.97 bits per heavy atom. The molecule has 8 nitrogen and oxygen atoms in total. The van der Waals surface area contributed by atoms with Crippen molar-refractivity contribution < 1.29 is 23.5 Å². The van der Waals surface area contributed by atoms with Crippen molar-refractivity contribution in [3.05, 3.63) is 72.2 Å². The molecule has 2 amide bonds. The zero-order chi connectivity index (χ0) is 22.3. The third-order valence-corrected chi connectivity index (χ3v) is 5.36. The van der Waals surface area contributed by atoms with Gasteiger partial charge >= 0.3 is 0 Å². The smallest absolute Gasteiger partial charge is 0.274 e. The van der Waals surface area contributed by atoms with E-state index in [0.717, 1.165) is 12.0 Å². The molecule has 166 valence electrons. The van der Waals surface area contributed by atoms with Gasteiger partial charge in [-0.15, -0.1) is 0 Å². The maximum atomic E-state index is 12.7. The average molecular weight is 435 g/mol. The molecule has 1 aliphatic heterocycles. The Labute approximate surface area is 186 Å². The van der Waals surface area contributed by atoms with Crippen molar-refractivity contribution in [2.75, 3.05) is 33.4 Å². The normalized spacial score (nSPS) is 16.1. The fraction of sp³-hybridized carbons (Fsp3) is 0.292. The molecule has 1 fully saturated rings. The summed E-state index contributed by atoms with van der Waals surface area (Å²) in [6.45, 7) is 1.32. The number of benzene rings is 2. The first-order valence-corrected chi connectivity index (χ1v) is 10.4. The monoisotopic (exact) mass is 435 g/mol. The van der Waals surface area contributed by atoms with Crippen LogP contribution in [0, 0.1) is 0 Å². The van der Waals surface area contributed by atoms with Crippen LogP contribution in [0.15, 0.2) is 65.4 Å². The third-order valence-electron chi connectivity index (χ3n) is 5.36. The SMILES string of the molecule is COc1ccc(-c2ocnc2C(=O)NCC2CN(CCc3ccccc3)C(=O)CO2)cc1. The first kappa shape index (κ1) is 21.6. The van der Waals surface area contributed by atoms with E-state index < -0.39 is 0 Å². The van der Waals surface area contributed by atoms with Crippen LogP contribution in [-0.4, -0.2) is 61.2 Å². The van der Waals surface area contributed by atoms with Crippen molar-refractivity contribution in [1.82, 2.24) is 15.2 Å². The summed E-state index contributed by atoms with van der Waals surface area (Å²) in [6, 6.07) is 17.2. The molecule has 8 heteroatoms. The highest BCUT2D eigenvalue weighted by atomic mass is 16.5. The third kappa shape index (κ3) is 5.15. The van der Waals surface area contributed by atoms with E-state index >= 15 is 0 Å². The number of amides is 2. The predicted octanol–water partition coefficient (Wildman–Crippen LogP) is 2.55. The number of carbonyl (C=O) groups is 2. The number of oxazole rings is 1. The van der Waals surface area contributed by atoms with Gasteiger partial charge in [-0.25, -0.2) is 4.98 Å². The number of aromatic nitrogens is 1. The van der Waals surface area contributed by atoms with E-state index in [2.05, 4.69) is 10.3 Å². The van der Waals surface area contributed by atoms with Crippen LogP contribution in [0.3, 0.4) is 0 Å². The maximum absolute atomic E-state index is 12.7. The topological polar surface area (TPSA) is 93.9 Å². The minimum absolute atomic E-state index is 0.0103. The van der Waals surface area contributed by atoms with Crippen LogP contribution in [0.5, 0.6) is 5.75 Å². The molecule has 1 unspecified atom stereocenters. The fourth-order valence-corrected chi connectivity index (χ4v) is 3.57. The summed E-state index contributed by atoms with van der Waals surface area (Å²) < 4.78 is 16.2. The molecule has 0 aliphatic carbocycles. The van der Waals surface area contributed by atoms with Gasteiger partial charge < -0.3 is 24.1 Å². The van der Waals surface area contributed by atoms with Gasteiger partial charge in [-0.1, -0.05) is 30.3 Å². The number of ether oxygens (including phenoxy) is 2. The van der Waals surface area contributed by atoms with Gasteiger partial charge in [0.05, 0.1) is 13.2 Å². The van der Waals surface area contributed by atoms with Gasteiger partial charge in [-0.2, -0.15) is 0 Å². The number of hydrogen-bond donors (Lipinski definition) is 1. The summed E-state index contributed by atoms with van der Waals surface area (Å²) in [5.41, 5.74) is 2.09. The number of nitrogens with zero attached hydrogens (tertiary/aromatic N) is 2. The lowest BCUT2D eigenvalue weighted by molar-refractivity contribution is -0.148. The molecule has 1 N–H and O–H groups in total. The van der Waals surface area contributed by atoms with Crippen LogP contribution >= 0.6 is 0 Å². The van der Waals surface area contributed by atoms with E-state index in [1.54, 1.807) is 36.3 Å². The molecule has 2 heterocycles. The molecule has 0 saturated carbocycles. The summed E-state index contributed by atoms with van der Waals surface area (Å²) in [6.07, 6.45) is 1.73. The Hall–Kier alpha value is -3.65. The summed E-state index contributed by atoms with van der Waals surface area (Å²) in [5, 5.41) is 2.85. The lowest BCUT2D eigenvalue weighted by atomic mass is 10.1. The highest BCUT2D eigenvalue weighted by molar-refractivity contribution is 5.97. The lowest BCUT2D eigenvalue weighted by Gasteiger charge is -2.32. The molecule has 32 heavy (non-hydrogen) atoms. The van der Waals surface area contributed by atoms with Crippen molar-refractivity contribution in [3.63, 3.8) is 0 Å². The molecule has 1 aliphatic rings. The van der Waals surface area contributed by atoms with Gasteiger partial charge in [0.25, 0.3) is 5.91 Å². The second kappa shape index (κ2) is 10.1. The Morgan fingerprint density at radius 1 is 1.19 bits per heavy atom. The summed E-state index contributed by atoms with van der Waals surface area (Å²) in [7, 11) is 1.59. The highest BCUT2D eigenvalue weighted by Gasteiger charge is 2.27. The predicted molar refractivity (Wildman–Crippen MR) is 117 cm³/mol. The van der Waals surface area contributed by atoms with Gasteiger partial charge in [0.15, 0.2) is 17.8 Å². The fourth-order valence-electron chi connectivity index (χ4n) is 3.57. The maximum Gasteiger partial charge on any atom is 0.274 e. The van der Waals surface area contributed by atoms with Gasteiger partial charge in [-0.3, -0.25) is 9.59 Å². The molecule has 1 atom stereocenters. The molecule has 0 radical (unpaired) electrons. The minimum Gasteiger partial charge on any atom is -0.497 e. The van der Waals surface area contributed by atoms with Crippen LogP contribution in [0.4, 0.5) is 0 Å². The number of methoxy groups -OCH3 is 1. The molecule has 0 spiro atoms. The van der Waals surface area contributed by atoms with Gasteiger partial charge in [0.2, 0.25) is 5.91 Å². The Balaban J connectivity index is 1.33. The van der Waals surface area contributed by atoms with E-state index in [1.807, 2.05) is 30.3 Å². The molecule has 2 aromatic carbocycles. The van der Waals surface area contributed by atoms with Crippen LogP contribution in [-0.2, 0) is 16.0 Å². The molecule has 3 aromatic rings. The largest absolute Gasteiger partial charge is 0.497 e. The Bertz CT molecular complexity index is 1050. The van der Waals surface area contributed by atoms with E-state index in [1.165, 1.54) is 12.0 Å². The van der Waals surface area contributed by atoms with E-state index in [-0.39, 0.29) is 36.8 Å². The zero-order valence-electron chi connectivity index (χ0n) is 17.8. The molecule has 1 saturated heterocycles. The van der Waals surface area contributed by atoms with Crippen LogP contribution in [0.2, 0.25) is 0 Å². The minimum atomic E-state index is -0.360. The molecule has 1 aromatic heterocycles. The standard InChI is InChI=1S/C24H25N3O5/c1-30-19-9-7-18(8-10-19)23-22(26-16-32-23)24(29)25-13-20-14-27(21(28)15-31-20)12-11-17-5-3-2-4-6-17/h2-10,16,20H,11-15H2,1H3,(H,25,29). The van der Waals surface area contributed by atoms with Crippen molar-refractivity contribution in [1.29, 1.82) is 0 Å². The first-order valence-electron chi connectivity index (χ1n) is 10.4. The van der Waals surface area contributed by atoms with Crippen molar-refractivity contribution in [2.24, 2.45) is 0 Å². The van der Waals surface area contributed by atoms with Crippen molar-refractivity contribution in [3.8, 4) is 17.1 Å². The summed E-state index contributed by atoms with van der Waals surface area (Å²) in [5.74, 6) is 0.692. The number of morpholine rings is 1. The average Bonchev–Trinajstić information content (AvgIpc) is 3.33. The zero-order valence-corrected chi connectivity index (χ0v) is 17.8. The first-order chi connectivity index (χ1) is 15.6. The Morgan fingerprint density at radius 3 is 2.72 bits per heavy atom. The second-order valence-electron chi connectivity index (χ2n) is 7.48. The molecular weight excluding hydrogens is 410 g/mol. The molecule has 4 rings (SSSR count). The van der Waals surface area contributed by atoms with Crippen LogP contribution in [0.1, 0.15) is 16.1 Å². The number of carbonyl (C=O) groups excluding carboxylic acids is 2.